The van der Waals surface area contributed by atoms with Crippen molar-refractivity contribution in [1.82, 2.24) is 0 Å². The van der Waals surface area contributed by atoms with Gasteiger partial charge >= 0.3 is 12.1 Å². The number of hydrogen-bond acceptors (Lipinski definition) is 5. The van der Waals surface area contributed by atoms with Crippen LogP contribution >= 0.6 is 11.6 Å². The second kappa shape index (κ2) is 8.76. The summed E-state index contributed by atoms with van der Waals surface area (Å²) in [5.41, 5.74) is -0.921. The number of carbonyl (C=O) groups is 4. The average Bonchev–Trinajstić information content (AvgIpc) is 3.05. The number of ether oxygens (including phenoxy) is 1. The van der Waals surface area contributed by atoms with Gasteiger partial charge in [0, 0.05) is 12.8 Å². The number of nitrogens with zero attached hydrogens (tertiary/aromatic N) is 1. The molecule has 31 heavy (non-hydrogen) atoms. The predicted octanol–water partition coefficient (Wildman–Crippen LogP) is 3.81. The Bertz CT molecular complexity index is 1040. The minimum absolute atomic E-state index is 0.0488. The van der Waals surface area contributed by atoms with Crippen LogP contribution in [0.3, 0.4) is 0 Å². The van der Waals surface area contributed by atoms with E-state index < -0.39 is 30.2 Å². The highest BCUT2D eigenvalue weighted by molar-refractivity contribution is 6.33. The summed E-state index contributed by atoms with van der Waals surface area (Å²) >= 11 is 5.80. The van der Waals surface area contributed by atoms with Crippen molar-refractivity contribution in [3.8, 4) is 0 Å². The molecule has 2 aromatic carbocycles. The maximum atomic E-state index is 12.8. The summed E-state index contributed by atoms with van der Waals surface area (Å²) in [6, 6.07) is 7.84. The number of hydrogen-bond donors (Lipinski definition) is 1. The molecule has 2 aromatic rings. The van der Waals surface area contributed by atoms with Crippen molar-refractivity contribution in [2.45, 2.75) is 19.0 Å². The summed E-state index contributed by atoms with van der Waals surface area (Å²) in [7, 11) is 0. The quantitative estimate of drug-likeness (QED) is 0.548. The van der Waals surface area contributed by atoms with E-state index in [1.807, 2.05) is 0 Å². The minimum atomic E-state index is -4.62. The van der Waals surface area contributed by atoms with Gasteiger partial charge in [0.25, 0.3) is 5.91 Å². The molecule has 0 aliphatic carbocycles. The van der Waals surface area contributed by atoms with Crippen LogP contribution in [0.2, 0.25) is 5.02 Å². The van der Waals surface area contributed by atoms with Gasteiger partial charge in [-0.05, 0) is 42.5 Å². The third-order valence-corrected chi connectivity index (χ3v) is 4.64. The van der Waals surface area contributed by atoms with Crippen molar-refractivity contribution >= 4 is 46.7 Å². The van der Waals surface area contributed by atoms with Crippen LogP contribution in [0.15, 0.2) is 42.5 Å². The lowest BCUT2D eigenvalue weighted by Gasteiger charge is -2.14. The zero-order valence-corrected chi connectivity index (χ0v) is 16.4. The number of esters is 1. The second-order valence-electron chi connectivity index (χ2n) is 6.49. The molecule has 0 saturated carbocycles. The van der Waals surface area contributed by atoms with Crippen molar-refractivity contribution in [2.24, 2.45) is 0 Å². The highest BCUT2D eigenvalue weighted by Gasteiger charge is 2.31. The SMILES string of the molecule is O=C(COC(=O)c1ccc(N2C(=O)CCC2=O)cc1)Nc1cc(C(F)(F)F)ccc1Cl. The van der Waals surface area contributed by atoms with E-state index in [2.05, 4.69) is 5.32 Å². The molecule has 1 saturated heterocycles. The van der Waals surface area contributed by atoms with E-state index in [9.17, 15) is 32.3 Å². The molecule has 11 heteroatoms. The second-order valence-corrected chi connectivity index (χ2v) is 6.89. The first-order valence-electron chi connectivity index (χ1n) is 8.86. The molecule has 3 amide bonds. The summed E-state index contributed by atoms with van der Waals surface area (Å²) in [5, 5.41) is 2.04. The Morgan fingerprint density at radius 3 is 2.23 bits per heavy atom. The topological polar surface area (TPSA) is 92.8 Å². The smallest absolute Gasteiger partial charge is 0.416 e. The highest BCUT2D eigenvalue weighted by Crippen LogP contribution is 2.33. The van der Waals surface area contributed by atoms with Gasteiger partial charge in [0.2, 0.25) is 11.8 Å². The fourth-order valence-electron chi connectivity index (χ4n) is 2.81. The molecule has 162 valence electrons. The number of carbonyl (C=O) groups excluding carboxylic acids is 4. The van der Waals surface area contributed by atoms with Crippen LogP contribution in [0.4, 0.5) is 24.5 Å². The maximum absolute atomic E-state index is 12.8. The van der Waals surface area contributed by atoms with E-state index in [-0.39, 0.29) is 40.9 Å². The maximum Gasteiger partial charge on any atom is 0.416 e. The fourth-order valence-corrected chi connectivity index (χ4v) is 2.97. The minimum Gasteiger partial charge on any atom is -0.452 e. The zero-order valence-electron chi connectivity index (χ0n) is 15.7. The number of imide groups is 1. The standard InChI is InChI=1S/C20H14ClF3N2O5/c21-14-6-3-12(20(22,23)24)9-15(14)25-16(27)10-31-19(30)11-1-4-13(5-2-11)26-17(28)7-8-18(26)29/h1-6,9H,7-8,10H2,(H,25,27). The van der Waals surface area contributed by atoms with E-state index in [1.165, 1.54) is 24.3 Å². The molecule has 0 radical (unpaired) electrons. The van der Waals surface area contributed by atoms with Crippen LogP contribution in [0.25, 0.3) is 0 Å². The van der Waals surface area contributed by atoms with Crippen molar-refractivity contribution in [3.63, 3.8) is 0 Å². The molecule has 0 aromatic heterocycles. The third-order valence-electron chi connectivity index (χ3n) is 4.31. The lowest BCUT2D eigenvalue weighted by atomic mass is 10.2. The van der Waals surface area contributed by atoms with Gasteiger partial charge in [0.05, 0.1) is 27.5 Å². The fraction of sp³-hybridized carbons (Fsp3) is 0.200. The largest absolute Gasteiger partial charge is 0.452 e. The van der Waals surface area contributed by atoms with Gasteiger partial charge in [-0.25, -0.2) is 4.79 Å². The zero-order chi connectivity index (χ0) is 22.8. The van der Waals surface area contributed by atoms with E-state index in [1.54, 1.807) is 0 Å². The lowest BCUT2D eigenvalue weighted by Crippen LogP contribution is -2.28. The molecule has 0 unspecified atom stereocenters. The molecule has 3 rings (SSSR count). The number of alkyl halides is 3. The van der Waals surface area contributed by atoms with E-state index >= 15 is 0 Å². The number of halogens is 4. The van der Waals surface area contributed by atoms with Gasteiger partial charge in [0.15, 0.2) is 6.61 Å². The molecule has 7 nitrogen and oxygen atoms in total. The van der Waals surface area contributed by atoms with Crippen LogP contribution in [0, 0.1) is 0 Å². The Kier molecular flexibility index (Phi) is 6.30. The van der Waals surface area contributed by atoms with E-state index in [0.29, 0.717) is 11.8 Å². The third kappa shape index (κ3) is 5.21. The number of amides is 3. The molecule has 1 N–H and O–H groups in total. The molecule has 0 spiro atoms. The molecule has 1 aliphatic rings. The van der Waals surface area contributed by atoms with Crippen molar-refractivity contribution in [2.75, 3.05) is 16.8 Å². The van der Waals surface area contributed by atoms with Gasteiger partial charge in [-0.2, -0.15) is 13.2 Å². The molecule has 1 heterocycles. The van der Waals surface area contributed by atoms with Gasteiger partial charge in [-0.3, -0.25) is 19.3 Å². The number of nitrogens with one attached hydrogen (secondary N) is 1. The van der Waals surface area contributed by atoms with Crippen molar-refractivity contribution in [1.29, 1.82) is 0 Å². The van der Waals surface area contributed by atoms with E-state index in [0.717, 1.165) is 17.0 Å². The average molecular weight is 455 g/mol. The van der Waals surface area contributed by atoms with Gasteiger partial charge in [-0.15, -0.1) is 0 Å². The van der Waals surface area contributed by atoms with E-state index in [4.69, 9.17) is 16.3 Å². The number of benzene rings is 2. The molecule has 0 atom stereocenters. The first-order chi connectivity index (χ1) is 14.6. The van der Waals surface area contributed by atoms with Crippen LogP contribution in [-0.2, 0) is 25.3 Å². The van der Waals surface area contributed by atoms with Crippen molar-refractivity contribution < 1.29 is 37.1 Å². The normalized spacial score (nSPS) is 14.0. The first kappa shape index (κ1) is 22.3. The molecule has 0 bridgehead atoms. The summed E-state index contributed by atoms with van der Waals surface area (Å²) < 4.78 is 43.2. The number of anilines is 2. The lowest BCUT2D eigenvalue weighted by molar-refractivity contribution is -0.137. The van der Waals surface area contributed by atoms with Crippen molar-refractivity contribution in [3.05, 3.63) is 58.6 Å². The Balaban J connectivity index is 1.59. The Labute approximate surface area is 178 Å². The summed E-state index contributed by atoms with van der Waals surface area (Å²) in [5.74, 6) is -2.45. The highest BCUT2D eigenvalue weighted by atomic mass is 35.5. The summed E-state index contributed by atoms with van der Waals surface area (Å²) in [6.07, 6.45) is -4.38. The van der Waals surface area contributed by atoms with Crippen LogP contribution in [0.1, 0.15) is 28.8 Å². The van der Waals surface area contributed by atoms with Gasteiger partial charge in [-0.1, -0.05) is 11.6 Å². The number of rotatable bonds is 5. The molecular weight excluding hydrogens is 441 g/mol. The first-order valence-corrected chi connectivity index (χ1v) is 9.23. The molecule has 1 fully saturated rings. The Morgan fingerprint density at radius 1 is 1.03 bits per heavy atom. The van der Waals surface area contributed by atoms with Gasteiger partial charge in [0.1, 0.15) is 0 Å². The van der Waals surface area contributed by atoms with Gasteiger partial charge < -0.3 is 10.1 Å². The Hall–Kier alpha value is -3.40. The molecule has 1 aliphatic heterocycles. The van der Waals surface area contributed by atoms with Crippen LogP contribution in [0.5, 0.6) is 0 Å². The predicted molar refractivity (Wildman–Crippen MR) is 104 cm³/mol. The van der Waals surface area contributed by atoms with Crippen LogP contribution in [-0.4, -0.2) is 30.3 Å². The summed E-state index contributed by atoms with van der Waals surface area (Å²) in [4.78, 5) is 48.5. The van der Waals surface area contributed by atoms with Crippen LogP contribution < -0.4 is 10.2 Å². The monoisotopic (exact) mass is 454 g/mol. The Morgan fingerprint density at radius 2 is 1.65 bits per heavy atom. The summed E-state index contributed by atoms with van der Waals surface area (Å²) in [6.45, 7) is -0.768. The molecular formula is C20H14ClF3N2O5.